The van der Waals surface area contributed by atoms with Gasteiger partial charge in [-0.1, -0.05) is 6.07 Å². The monoisotopic (exact) mass is 268 g/mol. The lowest BCUT2D eigenvalue weighted by Gasteiger charge is -2.28. The number of hydrogen-bond acceptors (Lipinski definition) is 4. The molecule has 0 bridgehead atoms. The summed E-state index contributed by atoms with van der Waals surface area (Å²) < 4.78 is 19.1. The summed E-state index contributed by atoms with van der Waals surface area (Å²) in [5, 5.41) is 0. The topological polar surface area (TPSA) is 78.3 Å². The molecule has 0 spiro atoms. The molecule has 4 N–H and O–H groups in total. The molecule has 0 aromatic heterocycles. The lowest BCUT2D eigenvalue weighted by molar-refractivity contribution is -0.150. The van der Waals surface area contributed by atoms with Gasteiger partial charge in [0.1, 0.15) is 5.82 Å². The fourth-order valence-electron chi connectivity index (χ4n) is 2.07. The van der Waals surface area contributed by atoms with Crippen molar-refractivity contribution in [2.45, 2.75) is 32.1 Å². The number of hydrogen-bond donors (Lipinski definition) is 2. The highest BCUT2D eigenvalue weighted by Crippen LogP contribution is 2.33. The van der Waals surface area contributed by atoms with Crippen molar-refractivity contribution < 1.29 is 13.9 Å². The van der Waals surface area contributed by atoms with E-state index in [0.717, 1.165) is 0 Å². The predicted molar refractivity (Wildman–Crippen MR) is 73.1 cm³/mol. The van der Waals surface area contributed by atoms with Gasteiger partial charge in [-0.3, -0.25) is 4.79 Å². The molecule has 5 heteroatoms. The largest absolute Gasteiger partial charge is 0.465 e. The Kier molecular flexibility index (Phi) is 5.30. The molecule has 0 fully saturated rings. The molecule has 0 aliphatic rings. The van der Waals surface area contributed by atoms with Crippen LogP contribution in [-0.2, 0) is 14.9 Å². The number of benzene rings is 1. The number of carbonyl (C=O) groups excluding carboxylic acids is 1. The zero-order chi connectivity index (χ0) is 14.5. The van der Waals surface area contributed by atoms with E-state index in [2.05, 4.69) is 0 Å². The first kappa shape index (κ1) is 15.4. The third-order valence-corrected chi connectivity index (χ3v) is 3.19. The first-order valence-electron chi connectivity index (χ1n) is 6.38. The van der Waals surface area contributed by atoms with Gasteiger partial charge in [-0.25, -0.2) is 4.39 Å². The predicted octanol–water partition coefficient (Wildman–Crippen LogP) is 1.97. The van der Waals surface area contributed by atoms with Gasteiger partial charge in [-0.2, -0.15) is 0 Å². The maximum Gasteiger partial charge on any atom is 0.316 e. The number of ether oxygens (including phenoxy) is 1. The summed E-state index contributed by atoms with van der Waals surface area (Å²) in [6, 6.07) is 4.34. The van der Waals surface area contributed by atoms with Crippen LogP contribution in [0.4, 0.5) is 10.1 Å². The number of nitrogens with two attached hydrogens (primary N) is 2. The zero-order valence-electron chi connectivity index (χ0n) is 11.4. The van der Waals surface area contributed by atoms with E-state index in [1.54, 1.807) is 19.9 Å². The first-order chi connectivity index (χ1) is 8.95. The normalized spacial score (nSPS) is 13.9. The van der Waals surface area contributed by atoms with Crippen LogP contribution in [-0.4, -0.2) is 19.1 Å². The maximum absolute atomic E-state index is 14.1. The molecule has 0 saturated heterocycles. The molecular formula is C14H21FN2O2. The fraction of sp³-hybridized carbons (Fsp3) is 0.500. The van der Waals surface area contributed by atoms with Gasteiger partial charge in [0.25, 0.3) is 0 Å². The molecule has 1 rings (SSSR count). The second-order valence-corrected chi connectivity index (χ2v) is 4.68. The number of esters is 1. The van der Waals surface area contributed by atoms with Crippen LogP contribution in [0.3, 0.4) is 0 Å². The van der Waals surface area contributed by atoms with E-state index < -0.39 is 17.2 Å². The minimum atomic E-state index is -1.03. The van der Waals surface area contributed by atoms with Crippen molar-refractivity contribution in [3.63, 3.8) is 0 Å². The van der Waals surface area contributed by atoms with Gasteiger partial charge in [-0.15, -0.1) is 0 Å². The van der Waals surface area contributed by atoms with Crippen molar-refractivity contribution in [2.24, 2.45) is 5.73 Å². The Morgan fingerprint density at radius 1 is 1.47 bits per heavy atom. The lowest BCUT2D eigenvalue weighted by Crippen LogP contribution is -2.36. The zero-order valence-corrected chi connectivity index (χ0v) is 11.4. The summed E-state index contributed by atoms with van der Waals surface area (Å²) in [6.45, 7) is 4.09. The average Bonchev–Trinajstić information content (AvgIpc) is 2.36. The number of halogens is 1. The molecule has 1 unspecified atom stereocenters. The Morgan fingerprint density at radius 2 is 2.16 bits per heavy atom. The van der Waals surface area contributed by atoms with Crippen LogP contribution in [0.15, 0.2) is 18.2 Å². The van der Waals surface area contributed by atoms with Crippen LogP contribution in [0.1, 0.15) is 32.3 Å². The molecule has 0 heterocycles. The smallest absolute Gasteiger partial charge is 0.316 e. The van der Waals surface area contributed by atoms with Crippen LogP contribution in [0, 0.1) is 5.82 Å². The summed E-state index contributed by atoms with van der Waals surface area (Å²) in [7, 11) is 0. The van der Waals surface area contributed by atoms with E-state index in [1.807, 2.05) is 0 Å². The van der Waals surface area contributed by atoms with Crippen molar-refractivity contribution in [3.05, 3.63) is 29.6 Å². The Bertz CT molecular complexity index is 451. The third kappa shape index (κ3) is 3.44. The van der Waals surface area contributed by atoms with Gasteiger partial charge in [0.05, 0.1) is 12.0 Å². The molecule has 0 radical (unpaired) electrons. The molecule has 0 saturated carbocycles. The number of carbonyl (C=O) groups is 1. The summed E-state index contributed by atoms with van der Waals surface area (Å²) >= 11 is 0. The Balaban J connectivity index is 3.18. The third-order valence-electron chi connectivity index (χ3n) is 3.19. The van der Waals surface area contributed by atoms with E-state index >= 15 is 0 Å². The SMILES string of the molecule is CCOC(=O)C(C)(CCCN)c1ccc(N)cc1F. The maximum atomic E-state index is 14.1. The van der Waals surface area contributed by atoms with Crippen LogP contribution >= 0.6 is 0 Å². The van der Waals surface area contributed by atoms with E-state index in [0.29, 0.717) is 30.6 Å². The standard InChI is InChI=1S/C14H21FN2O2/c1-3-19-13(18)14(2,7-4-8-16)11-6-5-10(17)9-12(11)15/h5-6,9H,3-4,7-8,16-17H2,1-2H3. The number of anilines is 1. The molecule has 0 amide bonds. The molecule has 1 aromatic rings. The number of rotatable bonds is 6. The molecule has 0 aliphatic heterocycles. The highest BCUT2D eigenvalue weighted by Gasteiger charge is 2.38. The van der Waals surface area contributed by atoms with E-state index in [1.165, 1.54) is 12.1 Å². The first-order valence-corrected chi connectivity index (χ1v) is 6.38. The highest BCUT2D eigenvalue weighted by molar-refractivity contribution is 5.83. The highest BCUT2D eigenvalue weighted by atomic mass is 19.1. The molecule has 19 heavy (non-hydrogen) atoms. The summed E-state index contributed by atoms with van der Waals surface area (Å²) in [5.74, 6) is -0.931. The summed E-state index contributed by atoms with van der Waals surface area (Å²) in [4.78, 5) is 12.1. The van der Waals surface area contributed by atoms with Gasteiger partial charge in [0.15, 0.2) is 0 Å². The average molecular weight is 268 g/mol. The van der Waals surface area contributed by atoms with Gasteiger partial charge in [0, 0.05) is 11.3 Å². The van der Waals surface area contributed by atoms with Crippen LogP contribution in [0.2, 0.25) is 0 Å². The fourth-order valence-corrected chi connectivity index (χ4v) is 2.07. The molecule has 4 nitrogen and oxygen atoms in total. The minimum absolute atomic E-state index is 0.258. The van der Waals surface area contributed by atoms with Crippen molar-refractivity contribution in [3.8, 4) is 0 Å². The van der Waals surface area contributed by atoms with Crippen molar-refractivity contribution >= 4 is 11.7 Å². The number of nitrogen functional groups attached to an aromatic ring is 1. The Hall–Kier alpha value is -1.62. The second-order valence-electron chi connectivity index (χ2n) is 4.68. The van der Waals surface area contributed by atoms with Crippen molar-refractivity contribution in [1.82, 2.24) is 0 Å². The summed E-state index contributed by atoms with van der Waals surface area (Å²) in [6.07, 6.45) is 1.04. The molecule has 0 aliphatic carbocycles. The van der Waals surface area contributed by atoms with Crippen molar-refractivity contribution in [2.75, 3.05) is 18.9 Å². The molecular weight excluding hydrogens is 247 g/mol. The van der Waals surface area contributed by atoms with Gasteiger partial charge >= 0.3 is 5.97 Å². The van der Waals surface area contributed by atoms with Crippen LogP contribution in [0.25, 0.3) is 0 Å². The quantitative estimate of drug-likeness (QED) is 0.610. The van der Waals surface area contributed by atoms with E-state index in [4.69, 9.17) is 16.2 Å². The van der Waals surface area contributed by atoms with Crippen LogP contribution in [0.5, 0.6) is 0 Å². The van der Waals surface area contributed by atoms with Crippen molar-refractivity contribution in [1.29, 1.82) is 0 Å². The van der Waals surface area contributed by atoms with Gasteiger partial charge in [0.2, 0.25) is 0 Å². The van der Waals surface area contributed by atoms with Crippen LogP contribution < -0.4 is 11.5 Å². The summed E-state index contributed by atoms with van der Waals surface area (Å²) in [5.41, 5.74) is 10.6. The molecule has 1 atom stereocenters. The molecule has 1 aromatic carbocycles. The van der Waals surface area contributed by atoms with E-state index in [-0.39, 0.29) is 6.61 Å². The minimum Gasteiger partial charge on any atom is -0.465 e. The van der Waals surface area contributed by atoms with E-state index in [9.17, 15) is 9.18 Å². The molecule has 106 valence electrons. The second kappa shape index (κ2) is 6.52. The Labute approximate surface area is 112 Å². The van der Waals surface area contributed by atoms with Gasteiger partial charge < -0.3 is 16.2 Å². The Morgan fingerprint density at radius 3 is 2.68 bits per heavy atom. The van der Waals surface area contributed by atoms with Gasteiger partial charge in [-0.05, 0) is 45.4 Å². The lowest BCUT2D eigenvalue weighted by atomic mass is 9.78.